The molecule has 0 radical (unpaired) electrons. The Balaban J connectivity index is 1.80. The fourth-order valence-electron chi connectivity index (χ4n) is 2.97. The minimum absolute atomic E-state index is 0.358. The molecule has 0 aliphatic heterocycles. The van der Waals surface area contributed by atoms with Gasteiger partial charge in [-0.3, -0.25) is 9.55 Å². The Kier molecular flexibility index (Phi) is 5.21. The largest absolute Gasteiger partial charge is 0.338 e. The van der Waals surface area contributed by atoms with Gasteiger partial charge in [-0.05, 0) is 36.6 Å². The Labute approximate surface area is 167 Å². The van der Waals surface area contributed by atoms with E-state index in [0.717, 1.165) is 22.2 Å². The van der Waals surface area contributed by atoms with Gasteiger partial charge in [0.1, 0.15) is 0 Å². The molecule has 0 fully saturated rings. The lowest BCUT2D eigenvalue weighted by atomic mass is 10.0. The monoisotopic (exact) mass is 392 g/mol. The molecule has 3 heterocycles. The van der Waals surface area contributed by atoms with E-state index < -0.39 is 0 Å². The Bertz CT molecular complexity index is 1070. The Morgan fingerprint density at radius 2 is 1.96 bits per heavy atom. The molecule has 7 nitrogen and oxygen atoms in total. The number of benzene rings is 1. The zero-order chi connectivity index (χ0) is 19.5. The quantitative estimate of drug-likeness (QED) is 0.449. The molecule has 0 aliphatic rings. The molecular weight excluding hydrogens is 372 g/mol. The molecule has 28 heavy (non-hydrogen) atoms. The van der Waals surface area contributed by atoms with Crippen molar-refractivity contribution in [3.63, 3.8) is 0 Å². The first-order valence-corrected chi connectivity index (χ1v) is 9.99. The SMILES string of the molecule is Cc1noc(CSc2nnc(-c3cccnc3)n2-c2ccccc2C(C)C)n1. The van der Waals surface area contributed by atoms with Gasteiger partial charge in [0.2, 0.25) is 5.89 Å². The van der Waals surface area contributed by atoms with Crippen molar-refractivity contribution in [3.05, 3.63) is 66.1 Å². The van der Waals surface area contributed by atoms with Crippen molar-refractivity contribution in [1.29, 1.82) is 0 Å². The van der Waals surface area contributed by atoms with E-state index in [1.807, 2.05) is 18.2 Å². The predicted molar refractivity (Wildman–Crippen MR) is 107 cm³/mol. The lowest BCUT2D eigenvalue weighted by molar-refractivity contribution is 0.387. The van der Waals surface area contributed by atoms with Crippen molar-refractivity contribution in [2.24, 2.45) is 0 Å². The van der Waals surface area contributed by atoms with Gasteiger partial charge >= 0.3 is 0 Å². The fourth-order valence-corrected chi connectivity index (χ4v) is 3.75. The topological polar surface area (TPSA) is 82.5 Å². The predicted octanol–water partition coefficient (Wildman–Crippen LogP) is 4.44. The highest BCUT2D eigenvalue weighted by Gasteiger charge is 2.20. The van der Waals surface area contributed by atoms with Crippen molar-refractivity contribution >= 4 is 11.8 Å². The van der Waals surface area contributed by atoms with Crippen LogP contribution in [0.1, 0.15) is 37.0 Å². The molecule has 0 spiro atoms. The van der Waals surface area contributed by atoms with Gasteiger partial charge in [0.15, 0.2) is 16.8 Å². The summed E-state index contributed by atoms with van der Waals surface area (Å²) in [5.41, 5.74) is 3.20. The third-order valence-electron chi connectivity index (χ3n) is 4.25. The number of rotatable bonds is 6. The number of hydrogen-bond acceptors (Lipinski definition) is 7. The van der Waals surface area contributed by atoms with Gasteiger partial charge in [0, 0.05) is 18.0 Å². The van der Waals surface area contributed by atoms with Crippen LogP contribution in [0.2, 0.25) is 0 Å². The summed E-state index contributed by atoms with van der Waals surface area (Å²) in [6.07, 6.45) is 3.55. The van der Waals surface area contributed by atoms with E-state index in [1.54, 1.807) is 19.3 Å². The second kappa shape index (κ2) is 7.93. The van der Waals surface area contributed by atoms with Crippen LogP contribution >= 0.6 is 11.8 Å². The van der Waals surface area contributed by atoms with Gasteiger partial charge in [0.25, 0.3) is 0 Å². The summed E-state index contributed by atoms with van der Waals surface area (Å²) in [6, 6.07) is 12.2. The van der Waals surface area contributed by atoms with Gasteiger partial charge in [-0.2, -0.15) is 4.98 Å². The van der Waals surface area contributed by atoms with Gasteiger partial charge in [-0.1, -0.05) is 49.0 Å². The van der Waals surface area contributed by atoms with E-state index in [1.165, 1.54) is 17.3 Å². The minimum Gasteiger partial charge on any atom is -0.338 e. The van der Waals surface area contributed by atoms with Crippen molar-refractivity contribution in [3.8, 4) is 17.1 Å². The summed E-state index contributed by atoms with van der Waals surface area (Å²) in [5, 5.41) is 13.5. The molecule has 0 saturated heterocycles. The van der Waals surface area contributed by atoms with Crippen LogP contribution in [0.4, 0.5) is 0 Å². The Morgan fingerprint density at radius 3 is 2.68 bits per heavy atom. The number of aryl methyl sites for hydroxylation is 1. The van der Waals surface area contributed by atoms with Gasteiger partial charge in [0.05, 0.1) is 11.4 Å². The minimum atomic E-state index is 0.358. The van der Waals surface area contributed by atoms with Crippen LogP contribution in [0.5, 0.6) is 0 Å². The van der Waals surface area contributed by atoms with E-state index >= 15 is 0 Å². The summed E-state index contributed by atoms with van der Waals surface area (Å²) in [7, 11) is 0. The van der Waals surface area contributed by atoms with Crippen molar-refractivity contribution < 1.29 is 4.52 Å². The molecule has 4 aromatic rings. The summed E-state index contributed by atoms with van der Waals surface area (Å²) in [6.45, 7) is 6.17. The standard InChI is InChI=1S/C20H20N6OS/c1-13(2)16-8-4-5-9-17(16)26-19(15-7-6-10-21-11-15)23-24-20(26)28-12-18-22-14(3)25-27-18/h4-11,13H,12H2,1-3H3. The molecule has 0 aliphatic carbocycles. The number of nitrogens with zero attached hydrogens (tertiary/aromatic N) is 6. The summed E-state index contributed by atoms with van der Waals surface area (Å²) in [4.78, 5) is 8.51. The van der Waals surface area contributed by atoms with Gasteiger partial charge < -0.3 is 4.52 Å². The second-order valence-corrected chi connectivity index (χ2v) is 7.56. The lowest BCUT2D eigenvalue weighted by Crippen LogP contribution is -2.05. The maximum absolute atomic E-state index is 5.24. The number of para-hydroxylation sites is 1. The number of pyridine rings is 1. The highest BCUT2D eigenvalue weighted by Crippen LogP contribution is 2.32. The maximum Gasteiger partial charge on any atom is 0.237 e. The van der Waals surface area contributed by atoms with E-state index in [0.29, 0.717) is 23.4 Å². The first-order valence-electron chi connectivity index (χ1n) is 9.00. The normalized spacial score (nSPS) is 11.3. The van der Waals surface area contributed by atoms with E-state index in [4.69, 9.17) is 4.52 Å². The van der Waals surface area contributed by atoms with Crippen molar-refractivity contribution in [2.45, 2.75) is 37.6 Å². The van der Waals surface area contributed by atoms with Gasteiger partial charge in [-0.15, -0.1) is 10.2 Å². The first kappa shape index (κ1) is 18.4. The van der Waals surface area contributed by atoms with E-state index in [2.05, 4.69) is 61.9 Å². The van der Waals surface area contributed by atoms with Crippen LogP contribution < -0.4 is 0 Å². The van der Waals surface area contributed by atoms with Crippen LogP contribution in [0.25, 0.3) is 17.1 Å². The highest BCUT2D eigenvalue weighted by atomic mass is 32.2. The van der Waals surface area contributed by atoms with Crippen molar-refractivity contribution in [2.75, 3.05) is 0 Å². The molecule has 0 amide bonds. The number of thioether (sulfide) groups is 1. The molecule has 1 aromatic carbocycles. The van der Waals surface area contributed by atoms with Crippen molar-refractivity contribution in [1.82, 2.24) is 29.9 Å². The lowest BCUT2D eigenvalue weighted by Gasteiger charge is -2.16. The Hall–Kier alpha value is -3.00. The second-order valence-electron chi connectivity index (χ2n) is 6.62. The van der Waals surface area contributed by atoms with Crippen LogP contribution in [0.3, 0.4) is 0 Å². The van der Waals surface area contributed by atoms with E-state index in [-0.39, 0.29) is 0 Å². The van der Waals surface area contributed by atoms with Gasteiger partial charge in [-0.25, -0.2) is 0 Å². The molecule has 0 unspecified atom stereocenters. The molecule has 0 atom stereocenters. The highest BCUT2D eigenvalue weighted by molar-refractivity contribution is 7.98. The zero-order valence-corrected chi connectivity index (χ0v) is 16.7. The molecule has 4 rings (SSSR count). The summed E-state index contributed by atoms with van der Waals surface area (Å²) >= 11 is 1.52. The Morgan fingerprint density at radius 1 is 1.11 bits per heavy atom. The summed E-state index contributed by atoms with van der Waals surface area (Å²) < 4.78 is 7.32. The van der Waals surface area contributed by atoms with Crippen LogP contribution in [-0.2, 0) is 5.75 Å². The van der Waals surface area contributed by atoms with Crippen LogP contribution in [0, 0.1) is 6.92 Å². The molecule has 8 heteroatoms. The molecule has 0 saturated carbocycles. The maximum atomic E-state index is 5.24. The average molecular weight is 392 g/mol. The van der Waals surface area contributed by atoms with E-state index in [9.17, 15) is 0 Å². The fraction of sp³-hybridized carbons (Fsp3) is 0.250. The number of aromatic nitrogens is 6. The average Bonchev–Trinajstić information content (AvgIpc) is 3.33. The third-order valence-corrected chi connectivity index (χ3v) is 5.16. The molecule has 0 N–H and O–H groups in total. The number of hydrogen-bond donors (Lipinski definition) is 0. The summed E-state index contributed by atoms with van der Waals surface area (Å²) in [5.74, 6) is 2.83. The van der Waals surface area contributed by atoms with Crippen LogP contribution in [0.15, 0.2) is 58.5 Å². The first-order chi connectivity index (χ1) is 13.6. The molecular formula is C20H20N6OS. The van der Waals surface area contributed by atoms with Crippen LogP contribution in [-0.4, -0.2) is 29.9 Å². The molecule has 142 valence electrons. The third kappa shape index (κ3) is 3.68. The zero-order valence-electron chi connectivity index (χ0n) is 15.9. The molecule has 0 bridgehead atoms. The smallest absolute Gasteiger partial charge is 0.237 e. The molecule has 3 aromatic heterocycles.